The van der Waals surface area contributed by atoms with Crippen LogP contribution >= 0.6 is 0 Å². The second-order valence-electron chi connectivity index (χ2n) is 5.99. The zero-order valence-electron chi connectivity index (χ0n) is 12.9. The second-order valence-corrected chi connectivity index (χ2v) is 5.99. The third-order valence-electron chi connectivity index (χ3n) is 5.09. The lowest BCUT2D eigenvalue weighted by Gasteiger charge is -2.47. The van der Waals surface area contributed by atoms with E-state index in [0.29, 0.717) is 12.8 Å². The number of hydrogen-bond donors (Lipinski definition) is 1. The first-order chi connectivity index (χ1) is 9.49. The van der Waals surface area contributed by atoms with Gasteiger partial charge in [0.05, 0.1) is 6.10 Å². The van der Waals surface area contributed by atoms with Crippen LogP contribution in [-0.4, -0.2) is 47.6 Å². The van der Waals surface area contributed by atoms with Crippen LogP contribution in [0.4, 0.5) is 0 Å². The van der Waals surface area contributed by atoms with Crippen LogP contribution in [0.25, 0.3) is 0 Å². The van der Waals surface area contributed by atoms with Gasteiger partial charge in [-0.05, 0) is 39.0 Å². The van der Waals surface area contributed by atoms with Gasteiger partial charge in [-0.1, -0.05) is 13.8 Å². The Morgan fingerprint density at radius 1 is 1.30 bits per heavy atom. The van der Waals surface area contributed by atoms with Gasteiger partial charge in [0.2, 0.25) is 11.8 Å². The first-order valence-corrected chi connectivity index (χ1v) is 7.66. The highest BCUT2D eigenvalue weighted by molar-refractivity contribution is 5.99. The summed E-state index contributed by atoms with van der Waals surface area (Å²) < 4.78 is 5.40. The molecule has 1 aliphatic heterocycles. The van der Waals surface area contributed by atoms with Crippen molar-refractivity contribution in [1.82, 2.24) is 10.2 Å². The predicted molar refractivity (Wildman–Crippen MR) is 76.2 cm³/mol. The SMILES string of the molecule is CCC1(CC)NC(=O)C(C)N(C2CCC(OC)C2)C1=O. The van der Waals surface area contributed by atoms with E-state index in [4.69, 9.17) is 4.74 Å². The molecule has 1 saturated heterocycles. The van der Waals surface area contributed by atoms with E-state index in [2.05, 4.69) is 5.32 Å². The summed E-state index contributed by atoms with van der Waals surface area (Å²) >= 11 is 0. The van der Waals surface area contributed by atoms with Gasteiger partial charge in [0.15, 0.2) is 0 Å². The first kappa shape index (κ1) is 15.3. The van der Waals surface area contributed by atoms with Gasteiger partial charge < -0.3 is 15.0 Å². The second kappa shape index (κ2) is 5.72. The highest BCUT2D eigenvalue weighted by Crippen LogP contribution is 2.33. The average Bonchev–Trinajstić information content (AvgIpc) is 2.92. The number of carbonyl (C=O) groups excluding carboxylic acids is 2. The summed E-state index contributed by atoms with van der Waals surface area (Å²) in [5.74, 6) is 0.0468. The fourth-order valence-electron chi connectivity index (χ4n) is 3.54. The third-order valence-corrected chi connectivity index (χ3v) is 5.09. The van der Waals surface area contributed by atoms with Crippen LogP contribution in [-0.2, 0) is 14.3 Å². The Labute approximate surface area is 121 Å². The van der Waals surface area contributed by atoms with Gasteiger partial charge in [0.1, 0.15) is 11.6 Å². The van der Waals surface area contributed by atoms with Crippen molar-refractivity contribution in [2.24, 2.45) is 0 Å². The lowest BCUT2D eigenvalue weighted by atomic mass is 9.86. The van der Waals surface area contributed by atoms with E-state index in [9.17, 15) is 9.59 Å². The molecule has 1 saturated carbocycles. The van der Waals surface area contributed by atoms with Crippen LogP contribution in [0, 0.1) is 0 Å². The normalized spacial score (nSPS) is 33.4. The number of nitrogens with one attached hydrogen (secondary N) is 1. The molecule has 0 aromatic carbocycles. The summed E-state index contributed by atoms with van der Waals surface area (Å²) in [7, 11) is 1.71. The first-order valence-electron chi connectivity index (χ1n) is 7.66. The van der Waals surface area contributed by atoms with E-state index in [1.807, 2.05) is 25.7 Å². The number of hydrogen-bond acceptors (Lipinski definition) is 3. The van der Waals surface area contributed by atoms with Crippen LogP contribution < -0.4 is 5.32 Å². The average molecular weight is 282 g/mol. The van der Waals surface area contributed by atoms with Gasteiger partial charge in [0.25, 0.3) is 0 Å². The van der Waals surface area contributed by atoms with Crippen molar-refractivity contribution in [3.8, 4) is 0 Å². The highest BCUT2D eigenvalue weighted by atomic mass is 16.5. The molecule has 0 bridgehead atoms. The Kier molecular flexibility index (Phi) is 4.37. The molecule has 2 amide bonds. The summed E-state index contributed by atoms with van der Waals surface area (Å²) in [6, 6.07) is -0.250. The van der Waals surface area contributed by atoms with Crippen LogP contribution in [0.5, 0.6) is 0 Å². The van der Waals surface area contributed by atoms with Gasteiger partial charge in [-0.15, -0.1) is 0 Å². The molecule has 20 heavy (non-hydrogen) atoms. The molecule has 5 heteroatoms. The van der Waals surface area contributed by atoms with Crippen molar-refractivity contribution in [2.45, 2.75) is 76.6 Å². The van der Waals surface area contributed by atoms with Gasteiger partial charge in [-0.3, -0.25) is 9.59 Å². The molecule has 0 aromatic heterocycles. The standard InChI is InChI=1S/C15H26N2O3/c1-5-15(6-2)14(19)17(10(3)13(18)16-15)11-7-8-12(9-11)20-4/h10-12H,5-9H2,1-4H3,(H,16,18). The van der Waals surface area contributed by atoms with E-state index in [1.54, 1.807) is 7.11 Å². The van der Waals surface area contributed by atoms with Crippen molar-refractivity contribution in [2.75, 3.05) is 7.11 Å². The smallest absolute Gasteiger partial charge is 0.249 e. The molecule has 1 N–H and O–H groups in total. The molecule has 0 aromatic rings. The molecule has 1 heterocycles. The molecule has 3 atom stereocenters. The fraction of sp³-hybridized carbons (Fsp3) is 0.867. The Hall–Kier alpha value is -1.10. The maximum atomic E-state index is 12.9. The number of methoxy groups -OCH3 is 1. The van der Waals surface area contributed by atoms with E-state index in [1.165, 1.54) is 0 Å². The van der Waals surface area contributed by atoms with Crippen molar-refractivity contribution in [1.29, 1.82) is 0 Å². The number of ether oxygens (including phenoxy) is 1. The molecule has 114 valence electrons. The van der Waals surface area contributed by atoms with E-state index in [0.717, 1.165) is 19.3 Å². The van der Waals surface area contributed by atoms with E-state index < -0.39 is 5.54 Å². The molecule has 0 radical (unpaired) electrons. The Balaban J connectivity index is 2.25. The number of piperazine rings is 1. The monoisotopic (exact) mass is 282 g/mol. The van der Waals surface area contributed by atoms with Crippen LogP contribution in [0.1, 0.15) is 52.9 Å². The number of nitrogens with zero attached hydrogens (tertiary/aromatic N) is 1. The van der Waals surface area contributed by atoms with Gasteiger partial charge in [-0.2, -0.15) is 0 Å². The maximum absolute atomic E-state index is 12.9. The lowest BCUT2D eigenvalue weighted by Crippen LogP contribution is -2.70. The number of amides is 2. The van der Waals surface area contributed by atoms with Crippen molar-refractivity contribution in [3.05, 3.63) is 0 Å². The third kappa shape index (κ3) is 2.32. The molecule has 2 aliphatic rings. The molecule has 1 aliphatic carbocycles. The van der Waals surface area contributed by atoms with Crippen LogP contribution in [0.2, 0.25) is 0 Å². The predicted octanol–water partition coefficient (Wildman–Crippen LogP) is 1.46. The van der Waals surface area contributed by atoms with E-state index in [-0.39, 0.29) is 30.0 Å². The molecule has 3 unspecified atom stereocenters. The quantitative estimate of drug-likeness (QED) is 0.849. The van der Waals surface area contributed by atoms with Crippen molar-refractivity contribution < 1.29 is 14.3 Å². The van der Waals surface area contributed by atoms with Gasteiger partial charge in [-0.25, -0.2) is 0 Å². The van der Waals surface area contributed by atoms with Gasteiger partial charge >= 0.3 is 0 Å². The number of carbonyl (C=O) groups is 2. The van der Waals surface area contributed by atoms with Gasteiger partial charge in [0, 0.05) is 13.2 Å². The molecule has 0 spiro atoms. The highest BCUT2D eigenvalue weighted by Gasteiger charge is 2.50. The lowest BCUT2D eigenvalue weighted by molar-refractivity contribution is -0.157. The number of rotatable bonds is 4. The largest absolute Gasteiger partial charge is 0.381 e. The van der Waals surface area contributed by atoms with E-state index >= 15 is 0 Å². The van der Waals surface area contributed by atoms with Crippen molar-refractivity contribution >= 4 is 11.8 Å². The minimum absolute atomic E-state index is 0.0332. The Morgan fingerprint density at radius 3 is 2.45 bits per heavy atom. The van der Waals surface area contributed by atoms with Crippen LogP contribution in [0.3, 0.4) is 0 Å². The molecular formula is C15H26N2O3. The summed E-state index contributed by atoms with van der Waals surface area (Å²) in [6.45, 7) is 5.74. The molecule has 2 fully saturated rings. The molecule has 5 nitrogen and oxygen atoms in total. The Morgan fingerprint density at radius 2 is 1.95 bits per heavy atom. The molecular weight excluding hydrogens is 256 g/mol. The molecule has 2 rings (SSSR count). The summed E-state index contributed by atoms with van der Waals surface area (Å²) in [6.07, 6.45) is 4.21. The van der Waals surface area contributed by atoms with Crippen molar-refractivity contribution in [3.63, 3.8) is 0 Å². The topological polar surface area (TPSA) is 58.6 Å². The zero-order chi connectivity index (χ0) is 14.9. The summed E-state index contributed by atoms with van der Waals surface area (Å²) in [5, 5.41) is 2.95. The minimum Gasteiger partial charge on any atom is -0.381 e. The maximum Gasteiger partial charge on any atom is 0.249 e. The minimum atomic E-state index is -0.714. The summed E-state index contributed by atoms with van der Waals surface area (Å²) in [5.41, 5.74) is -0.714. The fourth-order valence-corrected chi connectivity index (χ4v) is 3.54. The van der Waals surface area contributed by atoms with Crippen LogP contribution in [0.15, 0.2) is 0 Å². The zero-order valence-corrected chi connectivity index (χ0v) is 12.9. The summed E-state index contributed by atoms with van der Waals surface area (Å²) in [4.78, 5) is 27.0. The Bertz CT molecular complexity index is 393.